The summed E-state index contributed by atoms with van der Waals surface area (Å²) in [4.78, 5) is 5.46. The first kappa shape index (κ1) is 15.5. The number of benzene rings is 1. The van der Waals surface area contributed by atoms with Crippen molar-refractivity contribution in [2.45, 2.75) is 33.5 Å². The van der Waals surface area contributed by atoms with Crippen LogP contribution in [0.5, 0.6) is 5.75 Å². The SMILES string of the molecule is COCc1nc(COc2cccc(C)c2C)sc1CC#N. The number of aromatic nitrogens is 1. The summed E-state index contributed by atoms with van der Waals surface area (Å²) < 4.78 is 11.0. The Balaban J connectivity index is 2.11. The molecule has 0 fully saturated rings. The molecule has 0 N–H and O–H groups in total. The molecule has 0 aliphatic carbocycles. The van der Waals surface area contributed by atoms with Crippen LogP contribution in [0.3, 0.4) is 0 Å². The van der Waals surface area contributed by atoms with Crippen molar-refractivity contribution in [3.8, 4) is 11.8 Å². The van der Waals surface area contributed by atoms with E-state index in [2.05, 4.69) is 24.0 Å². The summed E-state index contributed by atoms with van der Waals surface area (Å²) in [5.74, 6) is 0.875. The molecule has 4 nitrogen and oxygen atoms in total. The number of thiazole rings is 1. The molecule has 1 heterocycles. The average Bonchev–Trinajstić information content (AvgIpc) is 2.84. The highest BCUT2D eigenvalue weighted by molar-refractivity contribution is 7.11. The molecule has 0 saturated heterocycles. The van der Waals surface area contributed by atoms with Crippen LogP contribution in [0.4, 0.5) is 0 Å². The third-order valence-electron chi connectivity index (χ3n) is 3.25. The van der Waals surface area contributed by atoms with Crippen LogP contribution in [-0.2, 0) is 24.4 Å². The van der Waals surface area contributed by atoms with Gasteiger partial charge in [-0.15, -0.1) is 11.3 Å². The molecule has 0 spiro atoms. The normalized spacial score (nSPS) is 10.4. The summed E-state index contributed by atoms with van der Waals surface area (Å²) in [7, 11) is 1.63. The minimum absolute atomic E-state index is 0.361. The van der Waals surface area contributed by atoms with E-state index in [9.17, 15) is 0 Å². The van der Waals surface area contributed by atoms with Gasteiger partial charge in [0.25, 0.3) is 0 Å². The quantitative estimate of drug-likeness (QED) is 0.819. The van der Waals surface area contributed by atoms with E-state index in [1.807, 2.05) is 19.1 Å². The van der Waals surface area contributed by atoms with E-state index in [0.29, 0.717) is 19.6 Å². The minimum Gasteiger partial charge on any atom is -0.486 e. The predicted octanol–water partition coefficient (Wildman–Crippen LogP) is 3.55. The largest absolute Gasteiger partial charge is 0.486 e. The van der Waals surface area contributed by atoms with Gasteiger partial charge < -0.3 is 9.47 Å². The van der Waals surface area contributed by atoms with E-state index in [1.54, 1.807) is 7.11 Å². The van der Waals surface area contributed by atoms with Gasteiger partial charge in [-0.2, -0.15) is 5.26 Å². The molecule has 0 amide bonds. The molecule has 110 valence electrons. The predicted molar refractivity (Wildman–Crippen MR) is 82.4 cm³/mol. The van der Waals surface area contributed by atoms with Crippen LogP contribution in [-0.4, -0.2) is 12.1 Å². The lowest BCUT2D eigenvalue weighted by Gasteiger charge is -2.09. The molecule has 0 aliphatic rings. The third kappa shape index (κ3) is 3.81. The third-order valence-corrected chi connectivity index (χ3v) is 4.32. The fourth-order valence-electron chi connectivity index (χ4n) is 1.98. The van der Waals surface area contributed by atoms with E-state index in [-0.39, 0.29) is 0 Å². The zero-order valence-electron chi connectivity index (χ0n) is 12.5. The van der Waals surface area contributed by atoms with Gasteiger partial charge in [-0.3, -0.25) is 0 Å². The summed E-state index contributed by atoms with van der Waals surface area (Å²) in [6.45, 7) is 4.95. The van der Waals surface area contributed by atoms with Crippen molar-refractivity contribution in [3.63, 3.8) is 0 Å². The van der Waals surface area contributed by atoms with Crippen molar-refractivity contribution in [2.24, 2.45) is 0 Å². The van der Waals surface area contributed by atoms with Gasteiger partial charge >= 0.3 is 0 Å². The van der Waals surface area contributed by atoms with Crippen molar-refractivity contribution >= 4 is 11.3 Å². The van der Waals surface area contributed by atoms with Crippen LogP contribution in [0, 0.1) is 25.2 Å². The number of ether oxygens (including phenoxy) is 2. The fourth-order valence-corrected chi connectivity index (χ4v) is 2.90. The molecule has 2 rings (SSSR count). The Kier molecular flexibility index (Phi) is 5.32. The Morgan fingerprint density at radius 3 is 2.81 bits per heavy atom. The van der Waals surface area contributed by atoms with E-state index in [1.165, 1.54) is 16.9 Å². The van der Waals surface area contributed by atoms with E-state index < -0.39 is 0 Å². The molecule has 5 heteroatoms. The van der Waals surface area contributed by atoms with Crippen LogP contribution < -0.4 is 4.74 Å². The van der Waals surface area contributed by atoms with Gasteiger partial charge in [0.05, 0.1) is 24.8 Å². The Hall–Kier alpha value is -1.90. The zero-order valence-corrected chi connectivity index (χ0v) is 13.3. The lowest BCUT2D eigenvalue weighted by atomic mass is 10.1. The van der Waals surface area contributed by atoms with E-state index in [0.717, 1.165) is 26.9 Å². The Morgan fingerprint density at radius 1 is 1.29 bits per heavy atom. The van der Waals surface area contributed by atoms with Crippen LogP contribution in [0.1, 0.15) is 26.7 Å². The van der Waals surface area contributed by atoms with Crippen LogP contribution >= 0.6 is 11.3 Å². The fraction of sp³-hybridized carbons (Fsp3) is 0.375. The molecule has 1 aromatic heterocycles. The summed E-state index contributed by atoms with van der Waals surface area (Å²) in [5, 5.41) is 9.72. The van der Waals surface area contributed by atoms with E-state index >= 15 is 0 Å². The van der Waals surface area contributed by atoms with Crippen molar-refractivity contribution in [2.75, 3.05) is 7.11 Å². The number of methoxy groups -OCH3 is 1. The molecule has 0 saturated carbocycles. The van der Waals surface area contributed by atoms with Crippen LogP contribution in [0.25, 0.3) is 0 Å². The van der Waals surface area contributed by atoms with Crippen molar-refractivity contribution in [1.82, 2.24) is 4.98 Å². The van der Waals surface area contributed by atoms with Gasteiger partial charge in [0.2, 0.25) is 0 Å². The van der Waals surface area contributed by atoms with E-state index in [4.69, 9.17) is 14.7 Å². The summed E-state index contributed by atoms with van der Waals surface area (Å²) in [6.07, 6.45) is 0.361. The standard InChI is InChI=1S/C16H18N2O2S/c1-11-5-4-6-14(12(11)2)20-10-16-18-13(9-19-3)15(21-16)7-8-17/h4-6H,7,9-10H2,1-3H3. The van der Waals surface area contributed by atoms with Gasteiger partial charge in [0.15, 0.2) is 0 Å². The second-order valence-corrected chi connectivity index (χ2v) is 5.90. The molecule has 21 heavy (non-hydrogen) atoms. The Morgan fingerprint density at radius 2 is 2.10 bits per heavy atom. The summed E-state index contributed by atoms with van der Waals surface area (Å²) in [5.41, 5.74) is 3.18. The van der Waals surface area contributed by atoms with Crippen LogP contribution in [0.15, 0.2) is 18.2 Å². The number of rotatable bonds is 6. The molecule has 0 unspecified atom stereocenters. The summed E-state index contributed by atoms with van der Waals surface area (Å²) in [6, 6.07) is 8.17. The Labute approximate surface area is 129 Å². The van der Waals surface area contributed by atoms with Crippen molar-refractivity contribution in [1.29, 1.82) is 5.26 Å². The zero-order chi connectivity index (χ0) is 15.2. The first-order valence-corrected chi connectivity index (χ1v) is 7.49. The maximum atomic E-state index is 8.85. The molecule has 1 aromatic carbocycles. The van der Waals surface area contributed by atoms with Gasteiger partial charge in [0, 0.05) is 12.0 Å². The van der Waals surface area contributed by atoms with Gasteiger partial charge in [-0.25, -0.2) is 4.98 Å². The first-order chi connectivity index (χ1) is 10.2. The topological polar surface area (TPSA) is 55.1 Å². The second kappa shape index (κ2) is 7.21. The smallest absolute Gasteiger partial charge is 0.140 e. The first-order valence-electron chi connectivity index (χ1n) is 6.68. The van der Waals surface area contributed by atoms with Crippen molar-refractivity contribution in [3.05, 3.63) is 44.9 Å². The molecule has 0 atom stereocenters. The highest BCUT2D eigenvalue weighted by Gasteiger charge is 2.12. The maximum absolute atomic E-state index is 8.85. The number of nitriles is 1. The van der Waals surface area contributed by atoms with Crippen molar-refractivity contribution < 1.29 is 9.47 Å². The minimum atomic E-state index is 0.361. The summed E-state index contributed by atoms with van der Waals surface area (Å²) >= 11 is 1.51. The second-order valence-electron chi connectivity index (χ2n) is 4.73. The lowest BCUT2D eigenvalue weighted by molar-refractivity contribution is 0.181. The molecule has 2 aromatic rings. The van der Waals surface area contributed by atoms with Gasteiger partial charge in [-0.1, -0.05) is 12.1 Å². The molecular formula is C16H18N2O2S. The highest BCUT2D eigenvalue weighted by Crippen LogP contribution is 2.24. The van der Waals surface area contributed by atoms with Gasteiger partial charge in [0.1, 0.15) is 17.4 Å². The van der Waals surface area contributed by atoms with Gasteiger partial charge in [-0.05, 0) is 31.0 Å². The molecule has 0 bridgehead atoms. The molecular weight excluding hydrogens is 284 g/mol. The van der Waals surface area contributed by atoms with Crippen LogP contribution in [0.2, 0.25) is 0 Å². The molecule has 0 radical (unpaired) electrons. The maximum Gasteiger partial charge on any atom is 0.140 e. The highest BCUT2D eigenvalue weighted by atomic mass is 32.1. The number of aryl methyl sites for hydroxylation is 1. The lowest BCUT2D eigenvalue weighted by Crippen LogP contribution is -1.98. The molecule has 0 aliphatic heterocycles. The monoisotopic (exact) mass is 302 g/mol. The number of hydrogen-bond acceptors (Lipinski definition) is 5. The average molecular weight is 302 g/mol. The number of nitrogens with zero attached hydrogens (tertiary/aromatic N) is 2. The number of hydrogen-bond donors (Lipinski definition) is 0. The Bertz CT molecular complexity index is 659.